The summed E-state index contributed by atoms with van der Waals surface area (Å²) < 4.78 is 0. The first-order valence-electron chi connectivity index (χ1n) is 5.17. The van der Waals surface area contributed by atoms with E-state index < -0.39 is 0 Å². The van der Waals surface area contributed by atoms with Crippen LogP contribution in [0.1, 0.15) is 17.0 Å². The van der Waals surface area contributed by atoms with Crippen LogP contribution >= 0.6 is 22.9 Å². The standard InChI is InChI=1S/C13H13ClOS/c14-13-4-2-1-3-12(13)11(8-15)7-10-5-6-16-9-10/h1-6,9,11,15H,7-8H2. The fraction of sp³-hybridized carbons (Fsp3) is 0.231. The van der Waals surface area contributed by atoms with Gasteiger partial charge in [0.15, 0.2) is 0 Å². The maximum absolute atomic E-state index is 9.45. The fourth-order valence-corrected chi connectivity index (χ4v) is 2.74. The minimum Gasteiger partial charge on any atom is -0.396 e. The average molecular weight is 253 g/mol. The number of hydrogen-bond donors (Lipinski definition) is 1. The van der Waals surface area contributed by atoms with Gasteiger partial charge in [-0.15, -0.1) is 0 Å². The molecular weight excluding hydrogens is 240 g/mol. The Morgan fingerprint density at radius 1 is 1.25 bits per heavy atom. The Kier molecular flexibility index (Phi) is 3.99. The van der Waals surface area contributed by atoms with Crippen molar-refractivity contribution in [3.63, 3.8) is 0 Å². The molecule has 0 aliphatic rings. The molecule has 2 aromatic rings. The molecule has 1 heterocycles. The molecule has 0 amide bonds. The molecule has 1 atom stereocenters. The minimum absolute atomic E-state index is 0.0864. The summed E-state index contributed by atoms with van der Waals surface area (Å²) in [5, 5.41) is 14.3. The third-order valence-corrected chi connectivity index (χ3v) is 3.70. The monoisotopic (exact) mass is 252 g/mol. The molecule has 1 aromatic heterocycles. The molecule has 0 saturated carbocycles. The SMILES string of the molecule is OCC(Cc1ccsc1)c1ccccc1Cl. The second-order valence-electron chi connectivity index (χ2n) is 3.74. The Hall–Kier alpha value is -0.830. The first-order valence-corrected chi connectivity index (χ1v) is 6.49. The van der Waals surface area contributed by atoms with E-state index in [1.165, 1.54) is 5.56 Å². The number of halogens is 1. The molecule has 1 aromatic carbocycles. The van der Waals surface area contributed by atoms with Gasteiger partial charge in [0.1, 0.15) is 0 Å². The van der Waals surface area contributed by atoms with Crippen LogP contribution in [-0.4, -0.2) is 11.7 Å². The maximum atomic E-state index is 9.45. The number of benzene rings is 1. The second-order valence-corrected chi connectivity index (χ2v) is 4.92. The summed E-state index contributed by atoms with van der Waals surface area (Å²) in [6.07, 6.45) is 0.837. The molecule has 0 saturated heterocycles. The first kappa shape index (κ1) is 11.6. The third-order valence-electron chi connectivity index (χ3n) is 2.63. The van der Waals surface area contributed by atoms with Crippen LogP contribution in [0.25, 0.3) is 0 Å². The zero-order valence-electron chi connectivity index (χ0n) is 8.77. The van der Waals surface area contributed by atoms with Gasteiger partial charge in [-0.05, 0) is 40.4 Å². The van der Waals surface area contributed by atoms with Gasteiger partial charge < -0.3 is 5.11 Å². The van der Waals surface area contributed by atoms with Crippen LogP contribution in [0.15, 0.2) is 41.1 Å². The topological polar surface area (TPSA) is 20.2 Å². The van der Waals surface area contributed by atoms with Crippen LogP contribution in [0.4, 0.5) is 0 Å². The van der Waals surface area contributed by atoms with Gasteiger partial charge in [0.05, 0.1) is 6.61 Å². The predicted molar refractivity (Wildman–Crippen MR) is 69.3 cm³/mol. The zero-order valence-corrected chi connectivity index (χ0v) is 10.3. The Morgan fingerprint density at radius 3 is 2.69 bits per heavy atom. The highest BCUT2D eigenvalue weighted by Gasteiger charge is 2.14. The molecule has 1 N–H and O–H groups in total. The highest BCUT2D eigenvalue weighted by Crippen LogP contribution is 2.27. The lowest BCUT2D eigenvalue weighted by Gasteiger charge is -2.15. The fourth-order valence-electron chi connectivity index (χ4n) is 1.77. The average Bonchev–Trinajstić information content (AvgIpc) is 2.80. The van der Waals surface area contributed by atoms with E-state index in [0.29, 0.717) is 0 Å². The van der Waals surface area contributed by atoms with Crippen LogP contribution < -0.4 is 0 Å². The van der Waals surface area contributed by atoms with Gasteiger partial charge in [0.2, 0.25) is 0 Å². The molecule has 1 nitrogen and oxygen atoms in total. The second kappa shape index (κ2) is 5.48. The highest BCUT2D eigenvalue weighted by molar-refractivity contribution is 7.07. The quantitative estimate of drug-likeness (QED) is 0.879. The molecule has 2 rings (SSSR count). The van der Waals surface area contributed by atoms with E-state index in [2.05, 4.69) is 16.8 Å². The lowest BCUT2D eigenvalue weighted by molar-refractivity contribution is 0.264. The normalized spacial score (nSPS) is 12.6. The van der Waals surface area contributed by atoms with Crippen LogP contribution in [0.3, 0.4) is 0 Å². The van der Waals surface area contributed by atoms with Crippen molar-refractivity contribution in [1.82, 2.24) is 0 Å². The van der Waals surface area contributed by atoms with Crippen molar-refractivity contribution in [2.75, 3.05) is 6.61 Å². The van der Waals surface area contributed by atoms with Gasteiger partial charge in [0.25, 0.3) is 0 Å². The molecule has 84 valence electrons. The van der Waals surface area contributed by atoms with Gasteiger partial charge in [-0.25, -0.2) is 0 Å². The molecule has 0 aliphatic carbocycles. The smallest absolute Gasteiger partial charge is 0.0503 e. The molecule has 3 heteroatoms. The number of rotatable bonds is 4. The molecule has 0 radical (unpaired) electrons. The van der Waals surface area contributed by atoms with Crippen molar-refractivity contribution in [3.05, 3.63) is 57.2 Å². The van der Waals surface area contributed by atoms with Crippen molar-refractivity contribution >= 4 is 22.9 Å². The first-order chi connectivity index (χ1) is 7.81. The van der Waals surface area contributed by atoms with E-state index in [4.69, 9.17) is 11.6 Å². The third kappa shape index (κ3) is 2.64. The minimum atomic E-state index is 0.0864. The van der Waals surface area contributed by atoms with Gasteiger partial charge in [-0.1, -0.05) is 29.8 Å². The predicted octanol–water partition coefficient (Wildman–Crippen LogP) is 3.72. The highest BCUT2D eigenvalue weighted by atomic mass is 35.5. The van der Waals surface area contributed by atoms with Crippen LogP contribution in [-0.2, 0) is 6.42 Å². The number of thiophene rings is 1. The van der Waals surface area contributed by atoms with E-state index >= 15 is 0 Å². The van der Waals surface area contributed by atoms with E-state index in [9.17, 15) is 5.11 Å². The summed E-state index contributed by atoms with van der Waals surface area (Å²) in [6.45, 7) is 0.125. The number of aliphatic hydroxyl groups is 1. The van der Waals surface area contributed by atoms with E-state index in [1.54, 1.807) is 11.3 Å². The van der Waals surface area contributed by atoms with Crippen LogP contribution in [0.2, 0.25) is 5.02 Å². The summed E-state index contributed by atoms with van der Waals surface area (Å²) in [5.41, 5.74) is 2.28. The summed E-state index contributed by atoms with van der Waals surface area (Å²) in [7, 11) is 0. The van der Waals surface area contributed by atoms with Crippen molar-refractivity contribution in [3.8, 4) is 0 Å². The Balaban J connectivity index is 2.20. The molecule has 0 aliphatic heterocycles. The zero-order chi connectivity index (χ0) is 11.4. The van der Waals surface area contributed by atoms with Crippen molar-refractivity contribution < 1.29 is 5.11 Å². The molecule has 0 bridgehead atoms. The van der Waals surface area contributed by atoms with Crippen LogP contribution in [0.5, 0.6) is 0 Å². The van der Waals surface area contributed by atoms with Crippen LogP contribution in [0, 0.1) is 0 Å². The number of hydrogen-bond acceptors (Lipinski definition) is 2. The van der Waals surface area contributed by atoms with Gasteiger partial charge >= 0.3 is 0 Å². The Labute approximate surface area is 104 Å². The molecule has 16 heavy (non-hydrogen) atoms. The molecule has 0 fully saturated rings. The lowest BCUT2D eigenvalue weighted by Crippen LogP contribution is -2.07. The van der Waals surface area contributed by atoms with Gasteiger partial charge in [-0.2, -0.15) is 11.3 Å². The Morgan fingerprint density at radius 2 is 2.06 bits per heavy atom. The maximum Gasteiger partial charge on any atom is 0.0503 e. The summed E-state index contributed by atoms with van der Waals surface area (Å²) in [4.78, 5) is 0. The Bertz CT molecular complexity index is 439. The van der Waals surface area contributed by atoms with Gasteiger partial charge in [0, 0.05) is 10.9 Å². The molecular formula is C13H13ClOS. The summed E-state index contributed by atoms with van der Waals surface area (Å²) >= 11 is 7.81. The molecule has 0 spiro atoms. The molecule has 1 unspecified atom stereocenters. The largest absolute Gasteiger partial charge is 0.396 e. The van der Waals surface area contributed by atoms with E-state index in [-0.39, 0.29) is 12.5 Å². The van der Waals surface area contributed by atoms with Gasteiger partial charge in [-0.3, -0.25) is 0 Å². The summed E-state index contributed by atoms with van der Waals surface area (Å²) in [5.74, 6) is 0.0864. The van der Waals surface area contributed by atoms with E-state index in [1.807, 2.05) is 24.3 Å². The lowest BCUT2D eigenvalue weighted by atomic mass is 9.94. The summed E-state index contributed by atoms with van der Waals surface area (Å²) in [6, 6.07) is 9.80. The number of aliphatic hydroxyl groups excluding tert-OH is 1. The van der Waals surface area contributed by atoms with Crippen molar-refractivity contribution in [2.24, 2.45) is 0 Å². The van der Waals surface area contributed by atoms with Crippen molar-refractivity contribution in [2.45, 2.75) is 12.3 Å². The van der Waals surface area contributed by atoms with E-state index in [0.717, 1.165) is 17.0 Å². The van der Waals surface area contributed by atoms with Crippen molar-refractivity contribution in [1.29, 1.82) is 0 Å².